The lowest BCUT2D eigenvalue weighted by Crippen LogP contribution is -2.38. The number of amides is 2. The lowest BCUT2D eigenvalue weighted by Gasteiger charge is -2.21. The minimum atomic E-state index is -0.157. The summed E-state index contributed by atoms with van der Waals surface area (Å²) in [7, 11) is 0. The first-order chi connectivity index (χ1) is 9.22. The molecule has 6 nitrogen and oxygen atoms in total. The molecule has 2 unspecified atom stereocenters. The van der Waals surface area contributed by atoms with Crippen LogP contribution in [0, 0.1) is 0 Å². The molecule has 2 aliphatic rings. The van der Waals surface area contributed by atoms with Crippen molar-refractivity contribution in [2.75, 3.05) is 6.26 Å². The second-order valence-corrected chi connectivity index (χ2v) is 5.40. The van der Waals surface area contributed by atoms with Crippen molar-refractivity contribution in [3.8, 4) is 0 Å². The number of benzene rings is 1. The maximum absolute atomic E-state index is 12.3. The third kappa shape index (κ3) is 2.96. The van der Waals surface area contributed by atoms with Crippen LogP contribution in [0.15, 0.2) is 24.3 Å². The molecule has 1 aromatic rings. The fourth-order valence-electron chi connectivity index (χ4n) is 2.91. The highest BCUT2D eigenvalue weighted by Crippen LogP contribution is 2.33. The summed E-state index contributed by atoms with van der Waals surface area (Å²) in [4.78, 5) is 26.1. The Hall–Kier alpha value is -1.41. The van der Waals surface area contributed by atoms with Gasteiger partial charge in [-0.05, 0) is 43.4 Å². The van der Waals surface area contributed by atoms with Crippen molar-refractivity contribution in [2.45, 2.75) is 31.4 Å². The molecule has 1 heterocycles. The smallest absolute Gasteiger partial charge is 0.261 e. The lowest BCUT2D eigenvalue weighted by molar-refractivity contribution is 0.0580. The van der Waals surface area contributed by atoms with Gasteiger partial charge in [-0.15, -0.1) is 0 Å². The van der Waals surface area contributed by atoms with Gasteiger partial charge in [-0.1, -0.05) is 12.1 Å². The van der Waals surface area contributed by atoms with Crippen LogP contribution in [0.5, 0.6) is 0 Å². The summed E-state index contributed by atoms with van der Waals surface area (Å²) < 4.78 is 5.51. The van der Waals surface area contributed by atoms with E-state index in [4.69, 9.17) is 4.18 Å². The number of nitrogens with zero attached hydrogens (tertiary/aromatic N) is 1. The molecule has 0 spiro atoms. The zero-order valence-corrected chi connectivity index (χ0v) is 12.5. The van der Waals surface area contributed by atoms with Crippen LogP contribution in [0.2, 0.25) is 0 Å². The molecule has 2 amide bonds. The Bertz CT molecular complexity index is 501. The average Bonchev–Trinajstić information content (AvgIpc) is 2.96. The normalized spacial score (nSPS) is 23.6. The first kappa shape index (κ1) is 17.6. The summed E-state index contributed by atoms with van der Waals surface area (Å²) in [6.07, 6.45) is 4.50. The molecule has 1 aliphatic carbocycles. The van der Waals surface area contributed by atoms with E-state index >= 15 is 0 Å². The zero-order valence-electron chi connectivity index (χ0n) is 11.7. The Morgan fingerprint density at radius 3 is 2.19 bits per heavy atom. The van der Waals surface area contributed by atoms with Crippen molar-refractivity contribution in [1.82, 2.24) is 4.90 Å². The SMILES string of the molecule is CSOC1CCC(N2C(=O)c3ccccc3C2=O)C1.O.O. The van der Waals surface area contributed by atoms with Crippen molar-refractivity contribution in [3.05, 3.63) is 35.4 Å². The predicted octanol–water partition coefficient (Wildman–Crippen LogP) is 0.849. The van der Waals surface area contributed by atoms with Crippen molar-refractivity contribution in [1.29, 1.82) is 0 Å². The van der Waals surface area contributed by atoms with Crippen LogP contribution in [0.1, 0.15) is 40.0 Å². The Balaban J connectivity index is 0.00000110. The predicted molar refractivity (Wildman–Crippen MR) is 80.2 cm³/mol. The molecule has 1 aliphatic heterocycles. The molecule has 1 fully saturated rings. The van der Waals surface area contributed by atoms with Crippen LogP contribution in [0.4, 0.5) is 0 Å². The number of rotatable bonds is 3. The van der Waals surface area contributed by atoms with E-state index in [0.717, 1.165) is 19.3 Å². The molecule has 116 valence electrons. The van der Waals surface area contributed by atoms with Crippen LogP contribution < -0.4 is 0 Å². The second-order valence-electron chi connectivity index (χ2n) is 4.88. The minimum absolute atomic E-state index is 0. The lowest BCUT2D eigenvalue weighted by atomic mass is 10.1. The molecule has 4 N–H and O–H groups in total. The molecule has 2 atom stereocenters. The third-order valence-electron chi connectivity index (χ3n) is 3.78. The van der Waals surface area contributed by atoms with Crippen molar-refractivity contribution >= 4 is 23.9 Å². The molecule has 1 aromatic carbocycles. The molecule has 3 rings (SSSR count). The summed E-state index contributed by atoms with van der Waals surface area (Å²) in [6, 6.07) is 7.01. The summed E-state index contributed by atoms with van der Waals surface area (Å²) in [6.45, 7) is 0. The van der Waals surface area contributed by atoms with Crippen molar-refractivity contribution in [3.63, 3.8) is 0 Å². The number of hydrogen-bond donors (Lipinski definition) is 0. The standard InChI is InChI=1S/C14H15NO3S.2H2O/c1-19-18-10-7-6-9(8-10)15-13(16)11-4-2-3-5-12(11)14(15)17;;/h2-5,9-10H,6-8H2,1H3;2*1H2. The topological polar surface area (TPSA) is 110 Å². The zero-order chi connectivity index (χ0) is 13.4. The largest absolute Gasteiger partial charge is 0.412 e. The van der Waals surface area contributed by atoms with E-state index in [9.17, 15) is 9.59 Å². The van der Waals surface area contributed by atoms with Crippen LogP contribution in [0.25, 0.3) is 0 Å². The molecular formula is C14H19NO5S. The van der Waals surface area contributed by atoms with Crippen LogP contribution in [0.3, 0.4) is 0 Å². The van der Waals surface area contributed by atoms with Gasteiger partial charge in [0.1, 0.15) is 0 Å². The molecule has 21 heavy (non-hydrogen) atoms. The van der Waals surface area contributed by atoms with E-state index in [1.807, 2.05) is 6.26 Å². The van der Waals surface area contributed by atoms with Crippen LogP contribution in [-0.2, 0) is 4.18 Å². The van der Waals surface area contributed by atoms with E-state index in [1.54, 1.807) is 24.3 Å². The first-order valence-electron chi connectivity index (χ1n) is 6.38. The van der Waals surface area contributed by atoms with Crippen LogP contribution in [-0.4, -0.2) is 46.1 Å². The second kappa shape index (κ2) is 7.04. The van der Waals surface area contributed by atoms with Gasteiger partial charge < -0.3 is 15.1 Å². The summed E-state index contributed by atoms with van der Waals surface area (Å²) >= 11 is 1.34. The van der Waals surface area contributed by atoms with Gasteiger partial charge in [-0.3, -0.25) is 14.5 Å². The fourth-order valence-corrected chi connectivity index (χ4v) is 3.36. The molecule has 7 heteroatoms. The minimum Gasteiger partial charge on any atom is -0.412 e. The third-order valence-corrected chi connectivity index (χ3v) is 4.24. The van der Waals surface area contributed by atoms with Gasteiger partial charge in [0, 0.05) is 12.3 Å². The highest BCUT2D eigenvalue weighted by atomic mass is 32.2. The van der Waals surface area contributed by atoms with Gasteiger partial charge in [0.25, 0.3) is 11.8 Å². The Kier molecular flexibility index (Phi) is 5.91. The number of carbonyl (C=O) groups is 2. The number of imide groups is 1. The molecule has 0 radical (unpaired) electrons. The quantitative estimate of drug-likeness (QED) is 0.608. The highest BCUT2D eigenvalue weighted by molar-refractivity contribution is 7.93. The van der Waals surface area contributed by atoms with E-state index in [2.05, 4.69) is 0 Å². The van der Waals surface area contributed by atoms with Gasteiger partial charge in [0.2, 0.25) is 0 Å². The van der Waals surface area contributed by atoms with Gasteiger partial charge in [0.05, 0.1) is 17.2 Å². The Morgan fingerprint density at radius 2 is 1.67 bits per heavy atom. The van der Waals surface area contributed by atoms with Gasteiger partial charge in [-0.2, -0.15) is 0 Å². The Morgan fingerprint density at radius 1 is 1.10 bits per heavy atom. The summed E-state index contributed by atoms with van der Waals surface area (Å²) in [5.74, 6) is -0.314. The Labute approximate surface area is 127 Å². The monoisotopic (exact) mass is 313 g/mol. The van der Waals surface area contributed by atoms with Crippen LogP contribution >= 0.6 is 12.0 Å². The molecule has 0 aromatic heterocycles. The molecule has 0 saturated heterocycles. The summed E-state index contributed by atoms with van der Waals surface area (Å²) in [5, 5.41) is 0. The molecule has 1 saturated carbocycles. The average molecular weight is 313 g/mol. The molecular weight excluding hydrogens is 294 g/mol. The van der Waals surface area contributed by atoms with E-state index in [-0.39, 0.29) is 34.9 Å². The number of carbonyl (C=O) groups excluding carboxylic acids is 2. The van der Waals surface area contributed by atoms with Gasteiger partial charge >= 0.3 is 0 Å². The summed E-state index contributed by atoms with van der Waals surface area (Å²) in [5.41, 5.74) is 1.06. The van der Waals surface area contributed by atoms with Crippen molar-refractivity contribution in [2.24, 2.45) is 0 Å². The first-order valence-corrected chi connectivity index (χ1v) is 7.53. The fraction of sp³-hybridized carbons (Fsp3) is 0.429. The van der Waals surface area contributed by atoms with E-state index < -0.39 is 0 Å². The van der Waals surface area contributed by atoms with E-state index in [1.165, 1.54) is 16.9 Å². The number of hydrogen-bond acceptors (Lipinski definition) is 4. The maximum atomic E-state index is 12.3. The number of fused-ring (bicyclic) bond motifs is 1. The van der Waals surface area contributed by atoms with E-state index in [0.29, 0.717) is 11.1 Å². The van der Waals surface area contributed by atoms with Gasteiger partial charge in [-0.25, -0.2) is 0 Å². The highest BCUT2D eigenvalue weighted by Gasteiger charge is 2.42. The maximum Gasteiger partial charge on any atom is 0.261 e. The van der Waals surface area contributed by atoms with Crippen molar-refractivity contribution < 1.29 is 24.7 Å². The van der Waals surface area contributed by atoms with Gasteiger partial charge in [0.15, 0.2) is 0 Å². The molecule has 0 bridgehead atoms.